The molecule has 0 radical (unpaired) electrons. The summed E-state index contributed by atoms with van der Waals surface area (Å²) in [6, 6.07) is 8.26. The molecule has 5 heterocycles. The highest BCUT2D eigenvalue weighted by atomic mass is 32.1. The minimum absolute atomic E-state index is 0.0414. The van der Waals surface area contributed by atoms with Gasteiger partial charge in [-0.3, -0.25) is 9.59 Å². The Hall–Kier alpha value is -3.24. The highest BCUT2D eigenvalue weighted by molar-refractivity contribution is 7.20. The monoisotopic (exact) mass is 604 g/mol. The molecule has 2 aromatic heterocycles. The Balaban J connectivity index is 1.01. The Morgan fingerprint density at radius 1 is 1.05 bits per heavy atom. The second-order valence-electron chi connectivity index (χ2n) is 12.3. The third-order valence-electron chi connectivity index (χ3n) is 9.55. The van der Waals surface area contributed by atoms with Crippen LogP contribution in [0.5, 0.6) is 5.75 Å². The van der Waals surface area contributed by atoms with Gasteiger partial charge in [-0.15, -0.1) is 11.3 Å². The second kappa shape index (κ2) is 13.6. The fraction of sp³-hybridized carbons (Fsp3) is 0.576. The fourth-order valence-electron chi connectivity index (χ4n) is 6.96. The molecule has 230 valence electrons. The van der Waals surface area contributed by atoms with Gasteiger partial charge < -0.3 is 25.2 Å². The summed E-state index contributed by atoms with van der Waals surface area (Å²) in [6.45, 7) is 8.11. The van der Waals surface area contributed by atoms with Crippen LogP contribution in [-0.2, 0) is 11.2 Å². The molecule has 10 heteroatoms. The highest BCUT2D eigenvalue weighted by Crippen LogP contribution is 2.38. The van der Waals surface area contributed by atoms with Crippen molar-refractivity contribution in [1.29, 1.82) is 0 Å². The number of aromatic nitrogens is 2. The number of para-hydroxylation sites is 1. The predicted molar refractivity (Wildman–Crippen MR) is 171 cm³/mol. The van der Waals surface area contributed by atoms with Crippen LogP contribution in [0.25, 0.3) is 10.2 Å². The zero-order valence-electron chi connectivity index (χ0n) is 25.3. The van der Waals surface area contributed by atoms with E-state index in [4.69, 9.17) is 4.74 Å². The molecule has 0 unspecified atom stereocenters. The van der Waals surface area contributed by atoms with Crippen LogP contribution >= 0.6 is 11.3 Å². The topological polar surface area (TPSA) is 99.7 Å². The summed E-state index contributed by atoms with van der Waals surface area (Å²) in [5.41, 5.74) is 1.91. The van der Waals surface area contributed by atoms with Gasteiger partial charge in [0.15, 0.2) is 0 Å². The van der Waals surface area contributed by atoms with E-state index in [-0.39, 0.29) is 17.2 Å². The number of hydrogen-bond acceptors (Lipinski definition) is 8. The number of aryl methyl sites for hydroxylation is 2. The summed E-state index contributed by atoms with van der Waals surface area (Å²) >= 11 is 1.46. The molecule has 0 atom stereocenters. The smallest absolute Gasteiger partial charge is 0.261 e. The molecule has 3 aliphatic rings. The molecule has 1 spiro atoms. The first-order valence-corrected chi connectivity index (χ1v) is 16.8. The average Bonchev–Trinajstić information content (AvgIpc) is 3.69. The number of benzene rings is 1. The van der Waals surface area contributed by atoms with Crippen molar-refractivity contribution in [2.24, 2.45) is 5.41 Å². The fourth-order valence-corrected chi connectivity index (χ4v) is 8.02. The van der Waals surface area contributed by atoms with Crippen molar-refractivity contribution in [2.75, 3.05) is 57.3 Å². The Kier molecular flexibility index (Phi) is 9.43. The zero-order valence-corrected chi connectivity index (χ0v) is 26.1. The number of amides is 2. The summed E-state index contributed by atoms with van der Waals surface area (Å²) in [6.07, 6.45) is 10.9. The van der Waals surface area contributed by atoms with E-state index in [0.717, 1.165) is 110 Å². The lowest BCUT2D eigenvalue weighted by molar-refractivity contribution is -0.134. The molecule has 43 heavy (non-hydrogen) atoms. The minimum atomic E-state index is -0.317. The van der Waals surface area contributed by atoms with Gasteiger partial charge in [0.2, 0.25) is 5.91 Å². The second-order valence-corrected chi connectivity index (χ2v) is 13.3. The van der Waals surface area contributed by atoms with E-state index in [2.05, 4.69) is 42.5 Å². The normalized spacial score (nSPS) is 20.0. The first kappa shape index (κ1) is 29.8. The van der Waals surface area contributed by atoms with Gasteiger partial charge in [-0.05, 0) is 82.2 Å². The summed E-state index contributed by atoms with van der Waals surface area (Å²) in [4.78, 5) is 42.0. The molecule has 1 aromatic carbocycles. The molecule has 2 fully saturated rings. The van der Waals surface area contributed by atoms with Crippen LogP contribution in [-0.4, -0.2) is 79.1 Å². The number of thiophene rings is 1. The van der Waals surface area contributed by atoms with Crippen molar-refractivity contribution >= 4 is 39.2 Å². The third kappa shape index (κ3) is 6.65. The summed E-state index contributed by atoms with van der Waals surface area (Å²) in [5.74, 6) is 2.03. The number of nitrogens with one attached hydrogen (secondary N) is 2. The van der Waals surface area contributed by atoms with Gasteiger partial charge in [0.25, 0.3) is 5.91 Å². The molecule has 2 N–H and O–H groups in total. The summed E-state index contributed by atoms with van der Waals surface area (Å²) in [7, 11) is 0. The van der Waals surface area contributed by atoms with Crippen LogP contribution < -0.4 is 20.3 Å². The lowest BCUT2D eigenvalue weighted by Crippen LogP contribution is -2.50. The Bertz CT molecular complexity index is 1430. The number of anilines is 1. The molecular weight excluding hydrogens is 560 g/mol. The quantitative estimate of drug-likeness (QED) is 0.435. The van der Waals surface area contributed by atoms with Gasteiger partial charge in [0, 0.05) is 26.2 Å². The molecule has 2 amide bonds. The Morgan fingerprint density at radius 2 is 1.86 bits per heavy atom. The number of rotatable bonds is 5. The van der Waals surface area contributed by atoms with E-state index in [9.17, 15) is 9.59 Å². The van der Waals surface area contributed by atoms with Crippen LogP contribution in [0, 0.1) is 12.3 Å². The Morgan fingerprint density at radius 3 is 2.70 bits per heavy atom. The molecule has 3 aliphatic heterocycles. The van der Waals surface area contributed by atoms with Crippen molar-refractivity contribution in [2.45, 2.75) is 64.7 Å². The lowest BCUT2D eigenvalue weighted by atomic mass is 9.73. The van der Waals surface area contributed by atoms with Gasteiger partial charge >= 0.3 is 0 Å². The molecular formula is C33H44N6O3S. The van der Waals surface area contributed by atoms with Crippen molar-refractivity contribution in [1.82, 2.24) is 25.5 Å². The number of ether oxygens (including phenoxy) is 1. The number of carbonyl (C=O) groups is 2. The van der Waals surface area contributed by atoms with Gasteiger partial charge in [-0.1, -0.05) is 31.0 Å². The molecule has 9 nitrogen and oxygen atoms in total. The van der Waals surface area contributed by atoms with Gasteiger partial charge in [-0.25, -0.2) is 9.97 Å². The van der Waals surface area contributed by atoms with Gasteiger partial charge in [0.1, 0.15) is 29.3 Å². The summed E-state index contributed by atoms with van der Waals surface area (Å²) in [5, 5.41) is 7.36. The van der Waals surface area contributed by atoms with E-state index in [1.165, 1.54) is 29.7 Å². The zero-order chi connectivity index (χ0) is 29.6. The number of carbonyl (C=O) groups excluding carboxylic acids is 2. The van der Waals surface area contributed by atoms with Crippen LogP contribution in [0.15, 0.2) is 30.6 Å². The lowest BCUT2D eigenvalue weighted by Gasteiger charge is -2.41. The van der Waals surface area contributed by atoms with Crippen LogP contribution in [0.4, 0.5) is 5.82 Å². The molecule has 2 saturated heterocycles. The van der Waals surface area contributed by atoms with Crippen molar-refractivity contribution in [3.63, 3.8) is 0 Å². The van der Waals surface area contributed by atoms with Crippen LogP contribution in [0.2, 0.25) is 0 Å². The first-order valence-electron chi connectivity index (χ1n) is 16.0. The number of hydrogen-bond donors (Lipinski definition) is 2. The number of piperidine rings is 1. The minimum Gasteiger partial charge on any atom is -0.491 e. The first-order chi connectivity index (χ1) is 21.0. The van der Waals surface area contributed by atoms with E-state index in [0.29, 0.717) is 19.7 Å². The van der Waals surface area contributed by atoms with Crippen molar-refractivity contribution < 1.29 is 14.3 Å². The summed E-state index contributed by atoms with van der Waals surface area (Å²) < 4.78 is 6.03. The molecule has 3 aromatic rings. The standard InChI is InChI=1S/C33H44N6O3S/c1-24-27-29(39-17-7-8-18-39)36-23-37-31(27)43-28(24)30(40)34-15-21-38-19-13-33(14-20-38)12-6-2-3-9-25-10-4-5-11-26(25)42-22-16-35-32(33)41/h4-5,10-11,23H,2-3,6-9,12-22H2,1H3,(H,34,40)(H,35,41). The van der Waals surface area contributed by atoms with Crippen molar-refractivity contribution in [3.05, 3.63) is 46.6 Å². The maximum atomic E-state index is 13.5. The van der Waals surface area contributed by atoms with Crippen LogP contribution in [0.1, 0.15) is 72.2 Å². The van der Waals surface area contributed by atoms with Gasteiger partial charge in [-0.2, -0.15) is 0 Å². The predicted octanol–water partition coefficient (Wildman–Crippen LogP) is 4.72. The molecule has 0 aliphatic carbocycles. The SMILES string of the molecule is Cc1c(C(=O)NCCN2CCC3(CCCCCc4ccccc4OCCNC3=O)CC2)sc2ncnc(N3CCCC3)c12. The number of fused-ring (bicyclic) bond motifs is 2. The van der Waals surface area contributed by atoms with E-state index in [1.807, 2.05) is 19.1 Å². The third-order valence-corrected chi connectivity index (χ3v) is 10.7. The number of nitrogens with zero attached hydrogens (tertiary/aromatic N) is 4. The molecule has 0 bridgehead atoms. The van der Waals surface area contributed by atoms with Gasteiger partial charge in [0.05, 0.1) is 22.2 Å². The average molecular weight is 605 g/mol. The van der Waals surface area contributed by atoms with E-state index < -0.39 is 0 Å². The molecule has 6 rings (SSSR count). The van der Waals surface area contributed by atoms with Crippen LogP contribution in [0.3, 0.4) is 0 Å². The molecule has 0 saturated carbocycles. The van der Waals surface area contributed by atoms with Crippen molar-refractivity contribution in [3.8, 4) is 5.75 Å². The highest BCUT2D eigenvalue weighted by Gasteiger charge is 2.40. The Labute approximate surface area is 258 Å². The largest absolute Gasteiger partial charge is 0.491 e. The van der Waals surface area contributed by atoms with E-state index in [1.54, 1.807) is 6.33 Å². The maximum absolute atomic E-state index is 13.5. The maximum Gasteiger partial charge on any atom is 0.261 e. The number of likely N-dealkylation sites (tertiary alicyclic amines) is 1. The van der Waals surface area contributed by atoms with E-state index >= 15 is 0 Å².